The van der Waals surface area contributed by atoms with Gasteiger partial charge in [0.1, 0.15) is 0 Å². The second-order valence-corrected chi connectivity index (χ2v) is 2.85. The van der Waals surface area contributed by atoms with Crippen molar-refractivity contribution in [2.45, 2.75) is 19.8 Å². The van der Waals surface area contributed by atoms with Gasteiger partial charge in [-0.05, 0) is 43.6 Å². The minimum Gasteiger partial charge on any atom is -0.319 e. The van der Waals surface area contributed by atoms with Crippen LogP contribution in [0.1, 0.15) is 18.1 Å². The molecule has 66 valence electrons. The van der Waals surface area contributed by atoms with Crippen LogP contribution in [0.15, 0.2) is 18.5 Å². The minimum absolute atomic E-state index is 1.03. The molecule has 0 amide bonds. The summed E-state index contributed by atoms with van der Waals surface area (Å²) in [4.78, 5) is 4.12. The van der Waals surface area contributed by atoms with Gasteiger partial charge >= 0.3 is 0 Å². The van der Waals surface area contributed by atoms with Gasteiger partial charge in [0.2, 0.25) is 0 Å². The Kier molecular flexibility index (Phi) is 3.74. The van der Waals surface area contributed by atoms with Gasteiger partial charge in [-0.2, -0.15) is 0 Å². The van der Waals surface area contributed by atoms with E-state index in [1.165, 1.54) is 11.1 Å². The average Bonchev–Trinajstić information content (AvgIpc) is 2.15. The number of hydrogen-bond acceptors (Lipinski definition) is 2. The highest BCUT2D eigenvalue weighted by atomic mass is 14.8. The van der Waals surface area contributed by atoms with Crippen LogP contribution in [-0.4, -0.2) is 18.6 Å². The zero-order chi connectivity index (χ0) is 8.81. The van der Waals surface area contributed by atoms with Gasteiger partial charge in [-0.15, -0.1) is 0 Å². The average molecular weight is 164 g/mol. The highest BCUT2D eigenvalue weighted by Gasteiger charge is 1.98. The van der Waals surface area contributed by atoms with Gasteiger partial charge < -0.3 is 5.32 Å². The molecule has 1 heterocycles. The first-order valence-corrected chi connectivity index (χ1v) is 4.44. The molecule has 0 aliphatic rings. The van der Waals surface area contributed by atoms with E-state index in [1.807, 2.05) is 19.4 Å². The predicted octanol–water partition coefficient (Wildman–Crippen LogP) is 1.41. The standard InChI is InChI=1S/C10H16N2/c1-3-9-5-7-12-8-10(9)4-6-11-2/h5,7-8,11H,3-4,6H2,1-2H3. The second-order valence-electron chi connectivity index (χ2n) is 2.85. The van der Waals surface area contributed by atoms with Crippen molar-refractivity contribution in [2.75, 3.05) is 13.6 Å². The molecule has 0 aliphatic heterocycles. The van der Waals surface area contributed by atoms with E-state index in [9.17, 15) is 0 Å². The summed E-state index contributed by atoms with van der Waals surface area (Å²) in [5.74, 6) is 0. The van der Waals surface area contributed by atoms with E-state index in [4.69, 9.17) is 0 Å². The minimum atomic E-state index is 1.03. The van der Waals surface area contributed by atoms with Crippen molar-refractivity contribution in [3.8, 4) is 0 Å². The first kappa shape index (κ1) is 9.20. The highest BCUT2D eigenvalue weighted by Crippen LogP contribution is 2.07. The van der Waals surface area contributed by atoms with Crippen LogP contribution in [0.2, 0.25) is 0 Å². The molecule has 0 radical (unpaired) electrons. The number of aromatic nitrogens is 1. The van der Waals surface area contributed by atoms with Crippen molar-refractivity contribution in [1.29, 1.82) is 0 Å². The Bertz CT molecular complexity index is 233. The zero-order valence-corrected chi connectivity index (χ0v) is 7.80. The Morgan fingerprint density at radius 1 is 1.42 bits per heavy atom. The van der Waals surface area contributed by atoms with E-state index >= 15 is 0 Å². The van der Waals surface area contributed by atoms with Crippen LogP contribution >= 0.6 is 0 Å². The Morgan fingerprint density at radius 2 is 2.25 bits per heavy atom. The number of likely N-dealkylation sites (N-methyl/N-ethyl adjacent to an activating group) is 1. The van der Waals surface area contributed by atoms with Gasteiger partial charge in [-0.3, -0.25) is 4.98 Å². The molecule has 0 saturated carbocycles. The molecule has 2 heteroatoms. The topological polar surface area (TPSA) is 24.9 Å². The van der Waals surface area contributed by atoms with Gasteiger partial charge in [0.25, 0.3) is 0 Å². The summed E-state index contributed by atoms with van der Waals surface area (Å²) in [5.41, 5.74) is 2.79. The lowest BCUT2D eigenvalue weighted by molar-refractivity contribution is 0.782. The number of aryl methyl sites for hydroxylation is 1. The van der Waals surface area contributed by atoms with Crippen LogP contribution in [0.3, 0.4) is 0 Å². The van der Waals surface area contributed by atoms with Gasteiger partial charge in [0.05, 0.1) is 0 Å². The second kappa shape index (κ2) is 4.88. The van der Waals surface area contributed by atoms with E-state index < -0.39 is 0 Å². The third-order valence-electron chi connectivity index (χ3n) is 2.03. The summed E-state index contributed by atoms with van der Waals surface area (Å²) < 4.78 is 0. The summed E-state index contributed by atoms with van der Waals surface area (Å²) in [6.45, 7) is 3.21. The highest BCUT2D eigenvalue weighted by molar-refractivity contribution is 5.23. The summed E-state index contributed by atoms with van der Waals surface area (Å²) in [6.07, 6.45) is 6.01. The maximum absolute atomic E-state index is 4.12. The molecule has 1 aromatic rings. The van der Waals surface area contributed by atoms with Gasteiger partial charge in [0.15, 0.2) is 0 Å². The fourth-order valence-electron chi connectivity index (χ4n) is 1.29. The van der Waals surface area contributed by atoms with E-state index in [0.29, 0.717) is 0 Å². The normalized spacial score (nSPS) is 10.2. The Balaban J connectivity index is 2.68. The summed E-state index contributed by atoms with van der Waals surface area (Å²) in [5, 5.41) is 3.14. The third kappa shape index (κ3) is 2.31. The smallest absolute Gasteiger partial charge is 0.0303 e. The fraction of sp³-hybridized carbons (Fsp3) is 0.500. The van der Waals surface area contributed by atoms with E-state index in [0.717, 1.165) is 19.4 Å². The summed E-state index contributed by atoms with van der Waals surface area (Å²) in [7, 11) is 1.97. The molecule has 0 bridgehead atoms. The van der Waals surface area contributed by atoms with Crippen LogP contribution in [0.4, 0.5) is 0 Å². The maximum Gasteiger partial charge on any atom is 0.0303 e. The molecule has 2 nitrogen and oxygen atoms in total. The quantitative estimate of drug-likeness (QED) is 0.727. The zero-order valence-electron chi connectivity index (χ0n) is 7.80. The lowest BCUT2D eigenvalue weighted by Gasteiger charge is -2.05. The van der Waals surface area contributed by atoms with Crippen molar-refractivity contribution in [3.05, 3.63) is 29.6 Å². The molecule has 0 fully saturated rings. The Hall–Kier alpha value is -0.890. The Morgan fingerprint density at radius 3 is 2.92 bits per heavy atom. The van der Waals surface area contributed by atoms with E-state index in [1.54, 1.807) is 0 Å². The largest absolute Gasteiger partial charge is 0.319 e. The van der Waals surface area contributed by atoms with Crippen molar-refractivity contribution < 1.29 is 0 Å². The lowest BCUT2D eigenvalue weighted by Crippen LogP contribution is -2.11. The molecule has 1 rings (SSSR count). The lowest BCUT2D eigenvalue weighted by atomic mass is 10.1. The predicted molar refractivity (Wildman–Crippen MR) is 51.2 cm³/mol. The monoisotopic (exact) mass is 164 g/mol. The molecular weight excluding hydrogens is 148 g/mol. The molecule has 0 unspecified atom stereocenters. The first-order chi connectivity index (χ1) is 5.88. The van der Waals surface area contributed by atoms with Crippen LogP contribution in [-0.2, 0) is 12.8 Å². The maximum atomic E-state index is 4.12. The van der Waals surface area contributed by atoms with Crippen molar-refractivity contribution in [2.24, 2.45) is 0 Å². The Labute approximate surface area is 74.0 Å². The van der Waals surface area contributed by atoms with Gasteiger partial charge in [0, 0.05) is 12.4 Å². The van der Waals surface area contributed by atoms with Gasteiger partial charge in [-0.1, -0.05) is 6.92 Å². The SMILES string of the molecule is CCc1ccncc1CCNC. The number of hydrogen-bond donors (Lipinski definition) is 1. The van der Waals surface area contributed by atoms with Crippen molar-refractivity contribution in [3.63, 3.8) is 0 Å². The summed E-state index contributed by atoms with van der Waals surface area (Å²) in [6, 6.07) is 2.10. The number of pyridine rings is 1. The summed E-state index contributed by atoms with van der Waals surface area (Å²) >= 11 is 0. The fourth-order valence-corrected chi connectivity index (χ4v) is 1.29. The molecule has 0 saturated heterocycles. The van der Waals surface area contributed by atoms with Crippen LogP contribution in [0.5, 0.6) is 0 Å². The van der Waals surface area contributed by atoms with Crippen LogP contribution in [0.25, 0.3) is 0 Å². The van der Waals surface area contributed by atoms with E-state index in [2.05, 4.69) is 23.3 Å². The molecule has 0 spiro atoms. The number of nitrogens with one attached hydrogen (secondary N) is 1. The molecule has 0 aliphatic carbocycles. The number of nitrogens with zero attached hydrogens (tertiary/aromatic N) is 1. The molecule has 1 aromatic heterocycles. The first-order valence-electron chi connectivity index (χ1n) is 4.44. The van der Waals surface area contributed by atoms with Crippen LogP contribution < -0.4 is 5.32 Å². The van der Waals surface area contributed by atoms with E-state index in [-0.39, 0.29) is 0 Å². The molecule has 12 heavy (non-hydrogen) atoms. The molecule has 1 N–H and O–H groups in total. The molecular formula is C10H16N2. The van der Waals surface area contributed by atoms with Crippen molar-refractivity contribution >= 4 is 0 Å². The van der Waals surface area contributed by atoms with Gasteiger partial charge in [-0.25, -0.2) is 0 Å². The van der Waals surface area contributed by atoms with Crippen LogP contribution in [0, 0.1) is 0 Å². The molecule has 0 atom stereocenters. The van der Waals surface area contributed by atoms with Crippen molar-refractivity contribution in [1.82, 2.24) is 10.3 Å². The molecule has 0 aromatic carbocycles. The third-order valence-corrected chi connectivity index (χ3v) is 2.03. The number of rotatable bonds is 4.